The van der Waals surface area contributed by atoms with Crippen molar-refractivity contribution < 1.29 is 19.1 Å². The fourth-order valence-electron chi connectivity index (χ4n) is 3.01. The predicted molar refractivity (Wildman–Crippen MR) is 99.7 cm³/mol. The first-order valence-electron chi connectivity index (χ1n) is 8.20. The van der Waals surface area contributed by atoms with Crippen LogP contribution < -0.4 is 5.32 Å². The van der Waals surface area contributed by atoms with E-state index in [4.69, 9.17) is 9.47 Å². The van der Waals surface area contributed by atoms with Gasteiger partial charge >= 0.3 is 11.9 Å². The molecule has 0 radical (unpaired) electrons. The van der Waals surface area contributed by atoms with Crippen molar-refractivity contribution in [2.45, 2.75) is 50.8 Å². The van der Waals surface area contributed by atoms with Gasteiger partial charge in [0.15, 0.2) is 0 Å². The predicted octanol–water partition coefficient (Wildman–Crippen LogP) is 2.80. The number of thiazole rings is 1. The van der Waals surface area contributed by atoms with Crippen LogP contribution in [-0.4, -0.2) is 47.2 Å². The second kappa shape index (κ2) is 8.05. The van der Waals surface area contributed by atoms with E-state index in [9.17, 15) is 9.59 Å². The minimum Gasteiger partial charge on any atom is -0.469 e. The molecule has 0 aromatic carbocycles. The standard InChI is InChI=1S/C17H26N2O4S2/c1-16(2,3)23-15(21)17(6-8-24-5)10-11(14(20)22-4)12(19-17)13-18-7-9-25-13/h7,9,11-12,19H,6,8,10H2,1-5H3/t11-,12+,17-/m0/s1. The molecule has 0 saturated carbocycles. The maximum atomic E-state index is 13.0. The number of nitrogens with zero attached hydrogens (tertiary/aromatic N) is 1. The van der Waals surface area contributed by atoms with E-state index in [0.717, 1.165) is 10.8 Å². The van der Waals surface area contributed by atoms with Gasteiger partial charge in [0.2, 0.25) is 0 Å². The van der Waals surface area contributed by atoms with Crippen LogP contribution in [0.25, 0.3) is 0 Å². The molecule has 0 spiro atoms. The van der Waals surface area contributed by atoms with E-state index < -0.39 is 17.1 Å². The third kappa shape index (κ3) is 4.74. The summed E-state index contributed by atoms with van der Waals surface area (Å²) in [7, 11) is 1.37. The van der Waals surface area contributed by atoms with Gasteiger partial charge in [-0.25, -0.2) is 4.98 Å². The summed E-state index contributed by atoms with van der Waals surface area (Å²) in [6, 6.07) is -0.346. The van der Waals surface area contributed by atoms with Crippen molar-refractivity contribution in [2.24, 2.45) is 5.92 Å². The van der Waals surface area contributed by atoms with E-state index in [-0.39, 0.29) is 18.0 Å². The molecule has 8 heteroatoms. The summed E-state index contributed by atoms with van der Waals surface area (Å²) in [5.74, 6) is -0.333. The molecule has 25 heavy (non-hydrogen) atoms. The molecule has 2 heterocycles. The number of hydrogen-bond acceptors (Lipinski definition) is 8. The fourth-order valence-corrected chi connectivity index (χ4v) is 4.32. The highest BCUT2D eigenvalue weighted by molar-refractivity contribution is 7.98. The quantitative estimate of drug-likeness (QED) is 0.753. The van der Waals surface area contributed by atoms with Gasteiger partial charge in [0.25, 0.3) is 0 Å². The Morgan fingerprint density at radius 1 is 1.48 bits per heavy atom. The lowest BCUT2D eigenvalue weighted by Gasteiger charge is -2.32. The van der Waals surface area contributed by atoms with Crippen LogP contribution in [0.3, 0.4) is 0 Å². The highest BCUT2D eigenvalue weighted by atomic mass is 32.2. The highest BCUT2D eigenvalue weighted by Gasteiger charge is 2.54. The Morgan fingerprint density at radius 2 is 2.20 bits per heavy atom. The van der Waals surface area contributed by atoms with Gasteiger partial charge in [-0.3, -0.25) is 14.9 Å². The molecule has 0 amide bonds. The molecule has 1 fully saturated rings. The van der Waals surface area contributed by atoms with Crippen molar-refractivity contribution in [2.75, 3.05) is 19.1 Å². The monoisotopic (exact) mass is 386 g/mol. The number of thioether (sulfide) groups is 1. The molecule has 1 aliphatic rings. The SMILES string of the molecule is COC(=O)[C@H]1C[C@@](CCSC)(C(=O)OC(C)(C)C)N[C@H]1c1nccs1. The van der Waals surface area contributed by atoms with E-state index in [1.807, 2.05) is 32.4 Å². The van der Waals surface area contributed by atoms with Crippen molar-refractivity contribution in [1.82, 2.24) is 10.3 Å². The number of carbonyl (C=O) groups is 2. The van der Waals surface area contributed by atoms with Crippen LogP contribution in [0.2, 0.25) is 0 Å². The first-order valence-corrected chi connectivity index (χ1v) is 10.5. The van der Waals surface area contributed by atoms with Crippen LogP contribution in [0.5, 0.6) is 0 Å². The summed E-state index contributed by atoms with van der Waals surface area (Å²) >= 11 is 3.12. The Bertz CT molecular complexity index is 600. The molecule has 0 unspecified atom stereocenters. The second-order valence-electron chi connectivity index (χ2n) is 7.15. The normalized spacial score (nSPS) is 26.4. The van der Waals surface area contributed by atoms with Crippen molar-refractivity contribution in [3.05, 3.63) is 16.6 Å². The highest BCUT2D eigenvalue weighted by Crippen LogP contribution is 2.42. The van der Waals surface area contributed by atoms with Crippen molar-refractivity contribution in [3.8, 4) is 0 Å². The van der Waals surface area contributed by atoms with Gasteiger partial charge in [0, 0.05) is 11.6 Å². The van der Waals surface area contributed by atoms with Gasteiger partial charge in [-0.2, -0.15) is 11.8 Å². The van der Waals surface area contributed by atoms with E-state index in [0.29, 0.717) is 12.8 Å². The smallest absolute Gasteiger partial charge is 0.326 e. The molecular formula is C17H26N2O4S2. The summed E-state index contributed by atoms with van der Waals surface area (Å²) in [4.78, 5) is 29.7. The molecule has 1 aliphatic heterocycles. The molecule has 0 aliphatic carbocycles. The summed E-state index contributed by atoms with van der Waals surface area (Å²) in [5.41, 5.74) is -1.50. The Balaban J connectivity index is 2.35. The minimum absolute atomic E-state index is 0.318. The lowest BCUT2D eigenvalue weighted by molar-refractivity contribution is -0.163. The number of aromatic nitrogens is 1. The largest absolute Gasteiger partial charge is 0.469 e. The van der Waals surface area contributed by atoms with E-state index in [2.05, 4.69) is 10.3 Å². The van der Waals surface area contributed by atoms with Crippen LogP contribution in [0.15, 0.2) is 11.6 Å². The topological polar surface area (TPSA) is 77.5 Å². The van der Waals surface area contributed by atoms with Gasteiger partial charge in [-0.15, -0.1) is 11.3 Å². The molecule has 2 rings (SSSR count). The summed E-state index contributed by atoms with van der Waals surface area (Å²) in [6.45, 7) is 5.54. The zero-order valence-corrected chi connectivity index (χ0v) is 17.0. The second-order valence-corrected chi connectivity index (χ2v) is 9.06. The number of carbonyl (C=O) groups excluding carboxylic acids is 2. The number of esters is 2. The third-order valence-electron chi connectivity index (χ3n) is 4.15. The molecule has 0 bridgehead atoms. The lowest BCUT2D eigenvalue weighted by Crippen LogP contribution is -2.51. The molecule has 1 N–H and O–H groups in total. The van der Waals surface area contributed by atoms with Gasteiger partial charge in [-0.05, 0) is 45.6 Å². The zero-order chi connectivity index (χ0) is 18.7. The van der Waals surface area contributed by atoms with E-state index in [1.54, 1.807) is 18.0 Å². The third-order valence-corrected chi connectivity index (χ3v) is 5.62. The van der Waals surface area contributed by atoms with Crippen LogP contribution >= 0.6 is 23.1 Å². The van der Waals surface area contributed by atoms with Gasteiger partial charge < -0.3 is 9.47 Å². The van der Waals surface area contributed by atoms with Gasteiger partial charge in [0.1, 0.15) is 16.1 Å². The Labute approximate surface area is 157 Å². The van der Waals surface area contributed by atoms with Crippen LogP contribution in [0.1, 0.15) is 44.7 Å². The minimum atomic E-state index is -0.911. The lowest BCUT2D eigenvalue weighted by atomic mass is 9.88. The van der Waals surface area contributed by atoms with Crippen LogP contribution in [0, 0.1) is 5.92 Å². The molecule has 140 valence electrons. The summed E-state index contributed by atoms with van der Waals surface area (Å²) < 4.78 is 10.7. The Hall–Kier alpha value is -1.12. The number of nitrogens with one attached hydrogen (secondary N) is 1. The van der Waals surface area contributed by atoms with Gasteiger partial charge in [-0.1, -0.05) is 0 Å². The van der Waals surface area contributed by atoms with Crippen LogP contribution in [0.4, 0.5) is 0 Å². The number of ether oxygens (including phenoxy) is 2. The average molecular weight is 387 g/mol. The number of methoxy groups -OCH3 is 1. The van der Waals surface area contributed by atoms with Crippen molar-refractivity contribution in [3.63, 3.8) is 0 Å². The number of hydrogen-bond donors (Lipinski definition) is 1. The zero-order valence-electron chi connectivity index (χ0n) is 15.3. The molecule has 1 aromatic rings. The molecule has 1 saturated heterocycles. The van der Waals surface area contributed by atoms with Crippen LogP contribution in [-0.2, 0) is 19.1 Å². The Kier molecular flexibility index (Phi) is 6.51. The van der Waals surface area contributed by atoms with Crippen molar-refractivity contribution in [1.29, 1.82) is 0 Å². The molecular weight excluding hydrogens is 360 g/mol. The van der Waals surface area contributed by atoms with Crippen molar-refractivity contribution >= 4 is 35.0 Å². The van der Waals surface area contributed by atoms with E-state index >= 15 is 0 Å². The molecule has 6 nitrogen and oxygen atoms in total. The Morgan fingerprint density at radius 3 is 2.72 bits per heavy atom. The van der Waals surface area contributed by atoms with Gasteiger partial charge in [0.05, 0.1) is 19.1 Å². The fraction of sp³-hybridized carbons (Fsp3) is 0.706. The molecule has 1 aromatic heterocycles. The maximum Gasteiger partial charge on any atom is 0.326 e. The number of rotatable bonds is 6. The molecule has 3 atom stereocenters. The first kappa shape index (κ1) is 20.2. The maximum absolute atomic E-state index is 13.0. The summed E-state index contributed by atoms with van der Waals surface area (Å²) in [6.07, 6.45) is 4.62. The first-order chi connectivity index (χ1) is 11.7. The van der Waals surface area contributed by atoms with E-state index in [1.165, 1.54) is 18.4 Å². The average Bonchev–Trinajstić information content (AvgIpc) is 3.18. The summed E-state index contributed by atoms with van der Waals surface area (Å²) in [5, 5.41) is 6.03.